The van der Waals surface area contributed by atoms with Crippen molar-refractivity contribution in [3.8, 4) is 5.75 Å². The Labute approximate surface area is 148 Å². The molecule has 1 fully saturated rings. The van der Waals surface area contributed by atoms with Crippen LogP contribution in [0.5, 0.6) is 5.75 Å². The Balaban J connectivity index is 1.38. The minimum absolute atomic E-state index is 0.0473. The molecule has 0 spiro atoms. The summed E-state index contributed by atoms with van der Waals surface area (Å²) < 4.78 is 13.0. The number of carbonyl (C=O) groups is 1. The summed E-state index contributed by atoms with van der Waals surface area (Å²) in [7, 11) is 0. The molecule has 1 amide bonds. The summed E-state index contributed by atoms with van der Waals surface area (Å²) >= 11 is 0. The summed E-state index contributed by atoms with van der Waals surface area (Å²) in [6.07, 6.45) is 5.91. The van der Waals surface area contributed by atoms with Crippen LogP contribution in [-0.2, 0) is 16.1 Å². The number of ether oxygens (including phenoxy) is 2. The Morgan fingerprint density at radius 2 is 2.12 bits per heavy atom. The van der Waals surface area contributed by atoms with E-state index in [0.29, 0.717) is 13.2 Å². The molecule has 0 N–H and O–H groups in total. The van der Waals surface area contributed by atoms with Crippen LogP contribution in [0.15, 0.2) is 42.7 Å². The van der Waals surface area contributed by atoms with E-state index < -0.39 is 0 Å². The average Bonchev–Trinajstić information content (AvgIpc) is 3.25. The third-order valence-electron chi connectivity index (χ3n) is 4.32. The normalized spacial score (nSPS) is 17.0. The van der Waals surface area contributed by atoms with Gasteiger partial charge in [0.2, 0.25) is 5.91 Å². The van der Waals surface area contributed by atoms with Gasteiger partial charge in [0.25, 0.3) is 0 Å². The maximum absolute atomic E-state index is 12.4. The zero-order valence-corrected chi connectivity index (χ0v) is 14.6. The largest absolute Gasteiger partial charge is 0.491 e. The number of benzene rings is 1. The predicted octanol–water partition coefficient (Wildman–Crippen LogP) is 2.28. The molecule has 0 aliphatic carbocycles. The molecule has 1 saturated heterocycles. The highest BCUT2D eigenvalue weighted by molar-refractivity contribution is 5.78. The molecular formula is C19H25N3O3. The van der Waals surface area contributed by atoms with Gasteiger partial charge in [0.1, 0.15) is 19.0 Å². The fourth-order valence-corrected chi connectivity index (χ4v) is 3.11. The monoisotopic (exact) mass is 343 g/mol. The highest BCUT2D eigenvalue weighted by Crippen LogP contribution is 2.19. The van der Waals surface area contributed by atoms with Gasteiger partial charge in [-0.15, -0.1) is 0 Å². The second kappa shape index (κ2) is 8.67. The van der Waals surface area contributed by atoms with Crippen molar-refractivity contribution in [3.05, 3.63) is 48.3 Å². The molecule has 25 heavy (non-hydrogen) atoms. The molecule has 6 nitrogen and oxygen atoms in total. The van der Waals surface area contributed by atoms with Crippen LogP contribution in [-0.4, -0.2) is 53.0 Å². The second-order valence-corrected chi connectivity index (χ2v) is 6.34. The van der Waals surface area contributed by atoms with E-state index in [0.717, 1.165) is 37.2 Å². The van der Waals surface area contributed by atoms with E-state index in [1.54, 1.807) is 0 Å². The van der Waals surface area contributed by atoms with Crippen molar-refractivity contribution in [2.75, 3.05) is 26.4 Å². The summed E-state index contributed by atoms with van der Waals surface area (Å²) in [6, 6.07) is 9.80. The van der Waals surface area contributed by atoms with Crippen LogP contribution >= 0.6 is 0 Å². The van der Waals surface area contributed by atoms with E-state index in [1.165, 1.54) is 0 Å². The van der Waals surface area contributed by atoms with Gasteiger partial charge < -0.3 is 14.4 Å². The molecule has 1 aliphatic rings. The molecule has 1 aliphatic heterocycles. The first-order chi connectivity index (χ1) is 12.2. The van der Waals surface area contributed by atoms with Crippen LogP contribution in [0.2, 0.25) is 0 Å². The number of para-hydroxylation sites is 1. The summed E-state index contributed by atoms with van der Waals surface area (Å²) in [5, 5.41) is 4.32. The lowest BCUT2D eigenvalue weighted by Crippen LogP contribution is -2.40. The molecule has 0 radical (unpaired) electrons. The lowest BCUT2D eigenvalue weighted by molar-refractivity contribution is -0.137. The van der Waals surface area contributed by atoms with Gasteiger partial charge in [0.15, 0.2) is 0 Å². The average molecular weight is 343 g/mol. The van der Waals surface area contributed by atoms with Crippen molar-refractivity contribution in [2.24, 2.45) is 0 Å². The topological polar surface area (TPSA) is 56.6 Å². The highest BCUT2D eigenvalue weighted by atomic mass is 16.5. The van der Waals surface area contributed by atoms with E-state index >= 15 is 0 Å². The fraction of sp³-hybridized carbons (Fsp3) is 0.474. The van der Waals surface area contributed by atoms with Crippen LogP contribution in [0.3, 0.4) is 0 Å². The number of hydrogen-bond donors (Lipinski definition) is 0. The van der Waals surface area contributed by atoms with Gasteiger partial charge in [-0.2, -0.15) is 5.10 Å². The van der Waals surface area contributed by atoms with Gasteiger partial charge in [-0.05, 0) is 37.5 Å². The summed E-state index contributed by atoms with van der Waals surface area (Å²) in [6.45, 7) is 4.51. The van der Waals surface area contributed by atoms with Gasteiger partial charge in [-0.25, -0.2) is 0 Å². The van der Waals surface area contributed by atoms with Gasteiger partial charge in [0.05, 0.1) is 25.4 Å². The van der Waals surface area contributed by atoms with Gasteiger partial charge in [-0.1, -0.05) is 18.2 Å². The van der Waals surface area contributed by atoms with Crippen molar-refractivity contribution in [3.63, 3.8) is 0 Å². The third kappa shape index (κ3) is 5.06. The lowest BCUT2D eigenvalue weighted by atomic mass is 10.2. The Bertz CT molecular complexity index is 672. The molecule has 1 atom stereocenters. The third-order valence-corrected chi connectivity index (χ3v) is 4.32. The van der Waals surface area contributed by atoms with E-state index in [-0.39, 0.29) is 18.6 Å². The standard InChI is InChI=1S/C19H25N3O3/c1-16-12-20-21(13-16)14-17-6-5-9-22(17)19(23)15-24-10-11-25-18-7-3-2-4-8-18/h2-4,7-8,12-13,17H,5-6,9-11,14-15H2,1H3/t17-/m1/s1. The van der Waals surface area contributed by atoms with E-state index in [1.807, 2.05) is 59.2 Å². The predicted molar refractivity (Wildman–Crippen MR) is 94.5 cm³/mol. The minimum atomic E-state index is 0.0473. The molecule has 1 aromatic heterocycles. The Morgan fingerprint density at radius 1 is 1.28 bits per heavy atom. The molecule has 0 saturated carbocycles. The van der Waals surface area contributed by atoms with Gasteiger partial charge in [0, 0.05) is 12.7 Å². The molecule has 2 heterocycles. The molecule has 3 rings (SSSR count). The van der Waals surface area contributed by atoms with Crippen molar-refractivity contribution >= 4 is 5.91 Å². The van der Waals surface area contributed by atoms with Crippen LogP contribution in [0, 0.1) is 6.92 Å². The molecule has 2 aromatic rings. The quantitative estimate of drug-likeness (QED) is 0.690. The van der Waals surface area contributed by atoms with Crippen molar-refractivity contribution in [1.29, 1.82) is 0 Å². The maximum atomic E-state index is 12.4. The number of nitrogens with zero attached hydrogens (tertiary/aromatic N) is 3. The number of hydrogen-bond acceptors (Lipinski definition) is 4. The number of rotatable bonds is 8. The number of amides is 1. The van der Waals surface area contributed by atoms with Crippen LogP contribution in [0.1, 0.15) is 18.4 Å². The second-order valence-electron chi connectivity index (χ2n) is 6.34. The van der Waals surface area contributed by atoms with Gasteiger partial charge >= 0.3 is 0 Å². The molecule has 0 unspecified atom stereocenters. The summed E-state index contributed by atoms with van der Waals surface area (Å²) in [5.74, 6) is 0.859. The molecule has 1 aromatic carbocycles. The lowest BCUT2D eigenvalue weighted by Gasteiger charge is -2.24. The SMILES string of the molecule is Cc1cnn(C[C@H]2CCCN2C(=O)COCCOc2ccccc2)c1. The van der Waals surface area contributed by atoms with E-state index in [4.69, 9.17) is 9.47 Å². The molecule has 0 bridgehead atoms. The molecule has 134 valence electrons. The van der Waals surface area contributed by atoms with Crippen molar-refractivity contribution in [1.82, 2.24) is 14.7 Å². The highest BCUT2D eigenvalue weighted by Gasteiger charge is 2.28. The van der Waals surface area contributed by atoms with Crippen LogP contribution < -0.4 is 4.74 Å². The minimum Gasteiger partial charge on any atom is -0.491 e. The van der Waals surface area contributed by atoms with Crippen LogP contribution in [0.4, 0.5) is 0 Å². The Morgan fingerprint density at radius 3 is 2.88 bits per heavy atom. The van der Waals surface area contributed by atoms with Gasteiger partial charge in [-0.3, -0.25) is 9.48 Å². The van der Waals surface area contributed by atoms with Crippen LogP contribution in [0.25, 0.3) is 0 Å². The first kappa shape index (κ1) is 17.5. The van der Waals surface area contributed by atoms with E-state index in [9.17, 15) is 4.79 Å². The fourth-order valence-electron chi connectivity index (χ4n) is 3.11. The number of carbonyl (C=O) groups excluding carboxylic acids is 1. The first-order valence-corrected chi connectivity index (χ1v) is 8.76. The molecular weight excluding hydrogens is 318 g/mol. The summed E-state index contributed by atoms with van der Waals surface area (Å²) in [4.78, 5) is 14.3. The zero-order chi connectivity index (χ0) is 17.5. The van der Waals surface area contributed by atoms with E-state index in [2.05, 4.69) is 5.10 Å². The summed E-state index contributed by atoms with van der Waals surface area (Å²) in [5.41, 5.74) is 1.14. The Hall–Kier alpha value is -2.34. The number of aryl methyl sites for hydroxylation is 1. The zero-order valence-electron chi connectivity index (χ0n) is 14.6. The van der Waals surface area contributed by atoms with Crippen molar-refractivity contribution < 1.29 is 14.3 Å². The first-order valence-electron chi connectivity index (χ1n) is 8.76. The maximum Gasteiger partial charge on any atom is 0.248 e. The Kier molecular flexibility index (Phi) is 6.06. The molecule has 6 heteroatoms. The van der Waals surface area contributed by atoms with Crippen molar-refractivity contribution in [2.45, 2.75) is 32.4 Å². The number of aromatic nitrogens is 2. The number of likely N-dealkylation sites (tertiary alicyclic amines) is 1. The smallest absolute Gasteiger partial charge is 0.248 e.